The molecule has 0 heterocycles. The molecule has 0 aromatic heterocycles. The zero-order valence-corrected chi connectivity index (χ0v) is 39.9. The normalized spacial score (nSPS) is 20.9. The molecule has 0 atom stereocenters. The first-order valence-corrected chi connectivity index (χ1v) is 28.4. The van der Waals surface area contributed by atoms with E-state index < -0.39 is 322 Å². The van der Waals surface area contributed by atoms with Gasteiger partial charge < -0.3 is 0 Å². The van der Waals surface area contributed by atoms with Crippen molar-refractivity contribution in [2.45, 2.75) is 5.41 Å². The Morgan fingerprint density at radius 3 is 1.16 bits per heavy atom. The van der Waals surface area contributed by atoms with Crippen LogP contribution in [0.1, 0.15) is 74.3 Å². The van der Waals surface area contributed by atoms with Crippen molar-refractivity contribution in [3.8, 4) is 44.5 Å². The summed E-state index contributed by atoms with van der Waals surface area (Å²) < 4.78 is 351. The Labute approximate surface area is 473 Å². The van der Waals surface area contributed by atoms with Gasteiger partial charge in [-0.2, -0.15) is 0 Å². The second kappa shape index (κ2) is 16.9. The molecule has 0 saturated carbocycles. The summed E-state index contributed by atoms with van der Waals surface area (Å²) in [4.78, 5) is 0. The fourth-order valence-corrected chi connectivity index (χ4v) is 16.4. The average molecular weight is 1080 g/mol. The molecule has 0 N–H and O–H groups in total. The van der Waals surface area contributed by atoms with Gasteiger partial charge in [0.2, 0.25) is 0 Å². The number of fused-ring (bicyclic) bond motifs is 12. The second-order valence-electron chi connectivity index (χ2n) is 15.3. The number of benzene rings is 11. The van der Waals surface area contributed by atoms with Crippen molar-refractivity contribution in [3.63, 3.8) is 0 Å². The van der Waals surface area contributed by atoms with Gasteiger partial charge in [0.1, 0.15) is 0 Å². The van der Waals surface area contributed by atoms with Crippen LogP contribution >= 0.6 is 11.0 Å². The van der Waals surface area contributed by atoms with E-state index in [4.69, 9.17) is 21.9 Å². The van der Waals surface area contributed by atoms with Crippen molar-refractivity contribution in [1.82, 2.24) is 0 Å². The SMILES string of the molecule is [2H]c1c([2H])c([2H])c(P(=[Se])(c2c([2H])c([2H])c([2H])c([2H])c2[2H])c2c([2H])c([2H])c(-c3ccc4c(c3)C3(c5cc(-c6c([2H])c([2H])c(P(=[Se])(c7c([2H])c([2H])c([2H])c([2H])c7[2H])c7c([2H])c([2H])c([2H])c([2H])c7[2H])c([2H])c6[2H])ccc5-4)c4c([2H])c([2H])c([2H])c([2H])c4-c4c3c([2H])c([2H])c3c([2H])c([2H])c([2H])c([2H])c43)c([2H])c2[2H])c([2H])c1[2H]. The molecule has 326 valence electrons. The molecule has 13 rings (SSSR count). The first-order chi connectivity index (χ1) is 49.8. The molecule has 2 aliphatic carbocycles. The third kappa shape index (κ3) is 6.56. The van der Waals surface area contributed by atoms with E-state index in [1.165, 1.54) is 36.4 Å². The first-order valence-electron chi connectivity index (χ1n) is 39.4. The van der Waals surface area contributed by atoms with Crippen molar-refractivity contribution in [1.29, 1.82) is 0 Å². The molecule has 11 aromatic rings. The Hall–Kier alpha value is -6.42. The molecule has 0 saturated heterocycles. The van der Waals surface area contributed by atoms with Crippen LogP contribution in [0.25, 0.3) is 55.3 Å². The zero-order chi connectivity index (χ0) is 79.2. The van der Waals surface area contributed by atoms with E-state index in [1.807, 2.05) is 0 Å². The topological polar surface area (TPSA) is 0 Å². The number of hydrogen-bond acceptors (Lipinski definition) is 0. The Bertz CT molecular complexity index is 5610. The average Bonchev–Trinajstić information content (AvgIpc) is 1.47. The van der Waals surface area contributed by atoms with Crippen LogP contribution in [0.2, 0.25) is 0 Å². The minimum absolute atomic E-state index is 0.0631. The molecule has 4 heteroatoms. The van der Waals surface area contributed by atoms with Crippen molar-refractivity contribution in [2.24, 2.45) is 0 Å². The van der Waals surface area contributed by atoms with E-state index in [1.54, 1.807) is 0 Å². The molecular formula is C65H44P2Se2. The summed E-state index contributed by atoms with van der Waals surface area (Å²) in [5.41, 5.74) is -16.0. The summed E-state index contributed by atoms with van der Waals surface area (Å²) in [7, 11) is 0. The van der Waals surface area contributed by atoms with Gasteiger partial charge >= 0.3 is 428 Å². The fourth-order valence-electron chi connectivity index (χ4n) is 9.01. The third-order valence-electron chi connectivity index (χ3n) is 12.0. The number of rotatable bonds is 8. The standard InChI is InChI=1S/C65H44P2Se2/c68-66(50-18-5-1-6-19-50,51-20-7-2-8-21-51)54-36-29-45(30-37-54)48-33-40-57-58-41-34-49(46-31-38-55(39-32-46)67(69,52-22-9-3-10-23-52)53-24-11-4-12-25-53)44-63(58)65(62(57)43-48)60-28-16-15-27-59(60)64-56-26-14-13-17-47(56)35-42-61(64)65/h1-44H/i1D,2D,3D,4D,5D,6D,7D,8D,9D,10D,11D,12D,13D,14D,15D,16D,17D,18D,19D,20D,21D,22D,23D,24D,25D,26D,27D,28D,29D,30D,31D,32D,35D,36D,37D,38D,39D,42D. The number of hydrogen-bond donors (Lipinski definition) is 0. The monoisotopic (exact) mass is 1080 g/mol. The molecule has 0 amide bonds. The van der Waals surface area contributed by atoms with Gasteiger partial charge in [-0.05, 0) is 5.39 Å². The van der Waals surface area contributed by atoms with Crippen LogP contribution in [-0.4, -0.2) is 30.2 Å². The van der Waals surface area contributed by atoms with Gasteiger partial charge in [-0.1, -0.05) is 30.2 Å². The van der Waals surface area contributed by atoms with Gasteiger partial charge in [0.25, 0.3) is 0 Å². The van der Waals surface area contributed by atoms with Gasteiger partial charge in [0.15, 0.2) is 0 Å². The summed E-state index contributed by atoms with van der Waals surface area (Å²) in [5, 5.41) is -5.74. The van der Waals surface area contributed by atoms with Gasteiger partial charge in [-0.15, -0.1) is 0 Å². The minimum atomic E-state index is -4.80. The molecule has 0 radical (unpaired) electrons. The molecule has 1 spiro atoms. The van der Waals surface area contributed by atoms with Crippen LogP contribution in [0, 0.1) is 0 Å². The van der Waals surface area contributed by atoms with Gasteiger partial charge in [-0.25, -0.2) is 0 Å². The summed E-state index contributed by atoms with van der Waals surface area (Å²) in [6.07, 6.45) is 0. The van der Waals surface area contributed by atoms with E-state index >= 15 is 0 Å². The van der Waals surface area contributed by atoms with E-state index in [2.05, 4.69) is 30.2 Å². The van der Waals surface area contributed by atoms with Gasteiger partial charge in [0, 0.05) is 0 Å². The third-order valence-corrected chi connectivity index (χ3v) is 24.0. The summed E-state index contributed by atoms with van der Waals surface area (Å²) in [5.74, 6) is 0. The van der Waals surface area contributed by atoms with Crippen molar-refractivity contribution in [2.75, 3.05) is 0 Å². The van der Waals surface area contributed by atoms with Gasteiger partial charge in [-0.3, -0.25) is 0 Å². The molecule has 0 aliphatic heterocycles. The van der Waals surface area contributed by atoms with Crippen LogP contribution in [0.4, 0.5) is 0 Å². The summed E-state index contributed by atoms with van der Waals surface area (Å²) >= 11 is 5.37. The fraction of sp³-hybridized carbons (Fsp3) is 0.0154. The Morgan fingerprint density at radius 1 is 0.304 bits per heavy atom. The van der Waals surface area contributed by atoms with E-state index in [9.17, 15) is 30.2 Å². The molecule has 11 aromatic carbocycles. The quantitative estimate of drug-likeness (QED) is 0.105. The van der Waals surface area contributed by atoms with Crippen LogP contribution < -0.4 is 31.8 Å². The Kier molecular flexibility index (Phi) is 4.59. The Balaban J connectivity index is 1.17. The summed E-state index contributed by atoms with van der Waals surface area (Å²) in [6, 6.07) is -28.5. The molecule has 69 heavy (non-hydrogen) atoms. The van der Waals surface area contributed by atoms with Crippen LogP contribution in [0.5, 0.6) is 0 Å². The molecular weight excluding hydrogens is 1000 g/mol. The summed E-state index contributed by atoms with van der Waals surface area (Å²) in [6.45, 7) is 0. The van der Waals surface area contributed by atoms with E-state index in [0.717, 1.165) is 0 Å². The van der Waals surface area contributed by atoms with Crippen LogP contribution in [0.3, 0.4) is 0 Å². The molecule has 0 fully saturated rings. The molecule has 0 unspecified atom stereocenters. The van der Waals surface area contributed by atoms with Crippen molar-refractivity contribution >= 4 is 83.8 Å². The molecule has 0 nitrogen and oxygen atoms in total. The second-order valence-corrected chi connectivity index (χ2v) is 27.3. The predicted molar refractivity (Wildman–Crippen MR) is 300 cm³/mol. The van der Waals surface area contributed by atoms with E-state index in [-0.39, 0.29) is 33.4 Å². The van der Waals surface area contributed by atoms with Crippen LogP contribution in [0.15, 0.2) is 266 Å². The molecule has 2 aliphatic rings. The molecule has 0 bridgehead atoms. The Morgan fingerprint density at radius 2 is 0.696 bits per heavy atom. The van der Waals surface area contributed by atoms with Crippen molar-refractivity contribution in [3.05, 3.63) is 288 Å². The predicted octanol–water partition coefficient (Wildman–Crippen LogP) is 13.3. The first kappa shape index (κ1) is 18.7. The zero-order valence-electron chi connectivity index (χ0n) is 72.7. The maximum absolute atomic E-state index is 10.2. The maximum atomic E-state index is 10.2. The van der Waals surface area contributed by atoms with Crippen LogP contribution in [-0.2, 0) is 5.41 Å². The van der Waals surface area contributed by atoms with Crippen molar-refractivity contribution < 1.29 is 52.1 Å². The van der Waals surface area contributed by atoms with E-state index in [0.29, 0.717) is 0 Å². The van der Waals surface area contributed by atoms with Gasteiger partial charge in [0.05, 0.1) is 11.0 Å².